The number of unbranched alkanes of at least 4 members (excludes halogenated alkanes) is 1. The number of aromatic nitrogens is 2. The zero-order valence-corrected chi connectivity index (χ0v) is 13.4. The molecule has 0 aliphatic heterocycles. The summed E-state index contributed by atoms with van der Waals surface area (Å²) in [6.07, 6.45) is 4.68. The minimum absolute atomic E-state index is 0.131. The number of halogens is 1. The zero-order valence-electron chi connectivity index (χ0n) is 11.8. The number of sulfonamides is 1. The third kappa shape index (κ3) is 5.06. The van der Waals surface area contributed by atoms with Crippen molar-refractivity contribution in [1.29, 1.82) is 0 Å². The smallest absolute Gasteiger partial charge is 0.232 e. The Kier molecular flexibility index (Phi) is 5.25. The van der Waals surface area contributed by atoms with Crippen molar-refractivity contribution >= 4 is 27.3 Å². The van der Waals surface area contributed by atoms with E-state index in [1.54, 1.807) is 10.9 Å². The average molecular weight is 328 g/mol. The van der Waals surface area contributed by atoms with E-state index in [1.807, 2.05) is 31.2 Å². The number of nitrogens with one attached hydrogen (secondary N) is 1. The summed E-state index contributed by atoms with van der Waals surface area (Å²) < 4.78 is 27.8. The zero-order chi connectivity index (χ0) is 15.3. The molecule has 0 amide bonds. The van der Waals surface area contributed by atoms with Gasteiger partial charge in [0.25, 0.3) is 0 Å². The predicted octanol–water partition coefficient (Wildman–Crippen LogP) is 3.13. The second-order valence-electron chi connectivity index (χ2n) is 4.83. The highest BCUT2D eigenvalue weighted by atomic mass is 35.5. The summed E-state index contributed by atoms with van der Waals surface area (Å²) in [5, 5.41) is 4.84. The van der Waals surface area contributed by atoms with Crippen LogP contribution >= 0.6 is 11.6 Å². The van der Waals surface area contributed by atoms with Gasteiger partial charge in [-0.05, 0) is 24.1 Å². The van der Waals surface area contributed by atoms with E-state index in [2.05, 4.69) is 9.82 Å². The van der Waals surface area contributed by atoms with Crippen LogP contribution in [-0.2, 0) is 16.6 Å². The second kappa shape index (κ2) is 6.95. The summed E-state index contributed by atoms with van der Waals surface area (Å²) in [7, 11) is -3.28. The van der Waals surface area contributed by atoms with Crippen molar-refractivity contribution in [1.82, 2.24) is 9.78 Å². The number of rotatable bonds is 7. The molecule has 1 heterocycles. The maximum Gasteiger partial charge on any atom is 0.232 e. The third-order valence-corrected chi connectivity index (χ3v) is 4.56. The number of hydrogen-bond donors (Lipinski definition) is 1. The van der Waals surface area contributed by atoms with E-state index in [-0.39, 0.29) is 5.75 Å². The molecule has 0 radical (unpaired) electrons. The Morgan fingerprint density at radius 1 is 1.29 bits per heavy atom. The number of benzene rings is 1. The van der Waals surface area contributed by atoms with Crippen molar-refractivity contribution in [2.45, 2.75) is 26.3 Å². The molecule has 1 aromatic carbocycles. The van der Waals surface area contributed by atoms with Gasteiger partial charge in [0.15, 0.2) is 0 Å². The molecule has 114 valence electrons. The quantitative estimate of drug-likeness (QED) is 0.849. The maximum atomic E-state index is 11.8. The van der Waals surface area contributed by atoms with Gasteiger partial charge in [-0.3, -0.25) is 9.40 Å². The van der Waals surface area contributed by atoms with Crippen LogP contribution in [0, 0.1) is 0 Å². The van der Waals surface area contributed by atoms with Crippen molar-refractivity contribution in [2.24, 2.45) is 0 Å². The van der Waals surface area contributed by atoms with Crippen LogP contribution in [0.1, 0.15) is 25.3 Å². The van der Waals surface area contributed by atoms with Crippen LogP contribution in [0.2, 0.25) is 5.02 Å². The Morgan fingerprint density at radius 2 is 2.00 bits per heavy atom. The standard InChI is InChI=1S/C14H18ClN3O2S/c1-2-3-8-21(19,20)17-14-9-16-18(11-14)10-12-4-6-13(15)7-5-12/h4-7,9,11,17H,2-3,8,10H2,1H3. The molecule has 1 aromatic heterocycles. The molecular formula is C14H18ClN3O2S. The van der Waals surface area contributed by atoms with Crippen molar-refractivity contribution in [3.05, 3.63) is 47.2 Å². The number of hydrogen-bond acceptors (Lipinski definition) is 3. The monoisotopic (exact) mass is 327 g/mol. The SMILES string of the molecule is CCCCS(=O)(=O)Nc1cnn(Cc2ccc(Cl)cc2)c1. The molecule has 5 nitrogen and oxygen atoms in total. The van der Waals surface area contributed by atoms with Crippen molar-refractivity contribution < 1.29 is 8.42 Å². The highest BCUT2D eigenvalue weighted by Gasteiger charge is 2.10. The Labute approximate surface area is 130 Å². The molecule has 1 N–H and O–H groups in total. The van der Waals surface area contributed by atoms with Gasteiger partial charge in [-0.2, -0.15) is 5.10 Å². The van der Waals surface area contributed by atoms with Crippen LogP contribution in [-0.4, -0.2) is 24.0 Å². The lowest BCUT2D eigenvalue weighted by Gasteiger charge is -2.04. The summed E-state index contributed by atoms with van der Waals surface area (Å²) in [5.74, 6) is 0.131. The number of nitrogens with zero attached hydrogens (tertiary/aromatic N) is 2. The first kappa shape index (κ1) is 15.9. The summed E-state index contributed by atoms with van der Waals surface area (Å²) in [5.41, 5.74) is 1.53. The summed E-state index contributed by atoms with van der Waals surface area (Å²) in [6, 6.07) is 7.45. The lowest BCUT2D eigenvalue weighted by molar-refractivity contribution is 0.598. The first-order valence-electron chi connectivity index (χ1n) is 6.76. The largest absolute Gasteiger partial charge is 0.280 e. The van der Waals surface area contributed by atoms with E-state index >= 15 is 0 Å². The molecule has 0 fully saturated rings. The molecule has 21 heavy (non-hydrogen) atoms. The van der Waals surface area contributed by atoms with E-state index in [9.17, 15) is 8.42 Å². The Bertz CT molecular complexity index is 680. The Hall–Kier alpha value is -1.53. The highest BCUT2D eigenvalue weighted by molar-refractivity contribution is 7.92. The fourth-order valence-electron chi connectivity index (χ4n) is 1.84. The van der Waals surface area contributed by atoms with E-state index in [4.69, 9.17) is 11.6 Å². The average Bonchev–Trinajstić information content (AvgIpc) is 2.85. The van der Waals surface area contributed by atoms with Crippen molar-refractivity contribution in [3.8, 4) is 0 Å². The third-order valence-electron chi connectivity index (χ3n) is 2.93. The highest BCUT2D eigenvalue weighted by Crippen LogP contribution is 2.13. The normalized spacial score (nSPS) is 11.5. The second-order valence-corrected chi connectivity index (χ2v) is 7.11. The van der Waals surface area contributed by atoms with Gasteiger partial charge in [0.1, 0.15) is 0 Å². The van der Waals surface area contributed by atoms with Gasteiger partial charge >= 0.3 is 0 Å². The minimum atomic E-state index is -3.28. The molecule has 7 heteroatoms. The molecule has 0 bridgehead atoms. The minimum Gasteiger partial charge on any atom is -0.280 e. The van der Waals surface area contributed by atoms with Crippen LogP contribution in [0.5, 0.6) is 0 Å². The topological polar surface area (TPSA) is 64.0 Å². The van der Waals surface area contributed by atoms with Crippen LogP contribution in [0.15, 0.2) is 36.7 Å². The van der Waals surface area contributed by atoms with Gasteiger partial charge in [0.05, 0.1) is 24.2 Å². The predicted molar refractivity (Wildman–Crippen MR) is 85.1 cm³/mol. The molecule has 0 saturated heterocycles. The van der Waals surface area contributed by atoms with Gasteiger partial charge in [-0.15, -0.1) is 0 Å². The van der Waals surface area contributed by atoms with Crippen LogP contribution in [0.25, 0.3) is 0 Å². The molecule has 0 atom stereocenters. The van der Waals surface area contributed by atoms with Gasteiger partial charge in [-0.25, -0.2) is 8.42 Å². The van der Waals surface area contributed by atoms with Crippen LogP contribution in [0.3, 0.4) is 0 Å². The van der Waals surface area contributed by atoms with Gasteiger partial charge in [0.2, 0.25) is 10.0 Å². The fourth-order valence-corrected chi connectivity index (χ4v) is 3.21. The summed E-state index contributed by atoms with van der Waals surface area (Å²) in [4.78, 5) is 0. The van der Waals surface area contributed by atoms with E-state index in [0.29, 0.717) is 23.7 Å². The molecule has 2 aromatic rings. The van der Waals surface area contributed by atoms with Crippen LogP contribution < -0.4 is 4.72 Å². The first-order valence-corrected chi connectivity index (χ1v) is 8.79. The molecule has 2 rings (SSSR count). The van der Waals surface area contributed by atoms with E-state index in [1.165, 1.54) is 6.20 Å². The van der Waals surface area contributed by atoms with Gasteiger partial charge in [-0.1, -0.05) is 37.1 Å². The fraction of sp³-hybridized carbons (Fsp3) is 0.357. The van der Waals surface area contributed by atoms with Gasteiger partial charge < -0.3 is 0 Å². The van der Waals surface area contributed by atoms with Crippen LogP contribution in [0.4, 0.5) is 5.69 Å². The maximum absolute atomic E-state index is 11.8. The van der Waals surface area contributed by atoms with E-state index < -0.39 is 10.0 Å². The van der Waals surface area contributed by atoms with E-state index in [0.717, 1.165) is 12.0 Å². The Balaban J connectivity index is 1.99. The lowest BCUT2D eigenvalue weighted by Crippen LogP contribution is -2.16. The molecular weight excluding hydrogens is 310 g/mol. The molecule has 0 saturated carbocycles. The number of anilines is 1. The molecule has 0 aliphatic rings. The molecule has 0 aliphatic carbocycles. The van der Waals surface area contributed by atoms with Crippen molar-refractivity contribution in [3.63, 3.8) is 0 Å². The summed E-state index contributed by atoms with van der Waals surface area (Å²) in [6.45, 7) is 2.52. The molecule has 0 unspecified atom stereocenters. The van der Waals surface area contributed by atoms with Gasteiger partial charge in [0, 0.05) is 11.2 Å². The Morgan fingerprint density at radius 3 is 2.67 bits per heavy atom. The van der Waals surface area contributed by atoms with Crippen molar-refractivity contribution in [2.75, 3.05) is 10.5 Å². The first-order chi connectivity index (χ1) is 9.98. The summed E-state index contributed by atoms with van der Waals surface area (Å²) >= 11 is 5.83. The molecule has 0 spiro atoms. The lowest BCUT2D eigenvalue weighted by atomic mass is 10.2.